The van der Waals surface area contributed by atoms with Gasteiger partial charge in [0.2, 0.25) is 11.8 Å². The third-order valence-electron chi connectivity index (χ3n) is 1.96. The highest BCUT2D eigenvalue weighted by molar-refractivity contribution is 9.10. The van der Waals surface area contributed by atoms with Gasteiger partial charge in [-0.15, -0.1) is 11.3 Å². The molecule has 6 heteroatoms. The summed E-state index contributed by atoms with van der Waals surface area (Å²) in [4.78, 5) is 9.59. The topological polar surface area (TPSA) is 47.0 Å². The second-order valence-electron chi connectivity index (χ2n) is 3.24. The summed E-state index contributed by atoms with van der Waals surface area (Å²) >= 11 is 5.11. The van der Waals surface area contributed by atoms with E-state index in [1.807, 2.05) is 6.92 Å². The van der Waals surface area contributed by atoms with Crippen LogP contribution >= 0.6 is 27.3 Å². The Morgan fingerprint density at radius 1 is 1.53 bits per heavy atom. The molecule has 2 rings (SSSR count). The summed E-state index contributed by atoms with van der Waals surface area (Å²) in [7, 11) is 0. The van der Waals surface area contributed by atoms with Gasteiger partial charge in [0, 0.05) is 27.0 Å². The van der Waals surface area contributed by atoms with Crippen LogP contribution in [0.4, 0.5) is 5.95 Å². The molecule has 4 nitrogen and oxygen atoms in total. The van der Waals surface area contributed by atoms with Gasteiger partial charge in [0.1, 0.15) is 0 Å². The summed E-state index contributed by atoms with van der Waals surface area (Å²) in [6, 6.07) is 3.82. The van der Waals surface area contributed by atoms with Crippen molar-refractivity contribution in [3.8, 4) is 5.88 Å². The van der Waals surface area contributed by atoms with Gasteiger partial charge in [-0.3, -0.25) is 0 Å². The molecule has 0 aliphatic carbocycles. The van der Waals surface area contributed by atoms with Gasteiger partial charge in [-0.2, -0.15) is 4.98 Å². The summed E-state index contributed by atoms with van der Waals surface area (Å²) in [6.45, 7) is 3.25. The van der Waals surface area contributed by atoms with Crippen molar-refractivity contribution in [2.24, 2.45) is 0 Å². The lowest BCUT2D eigenvalue weighted by atomic mass is 10.5. The molecule has 90 valence electrons. The predicted octanol–water partition coefficient (Wildman–Crippen LogP) is 3.31. The molecule has 0 fully saturated rings. The van der Waals surface area contributed by atoms with Crippen molar-refractivity contribution in [3.05, 3.63) is 33.1 Å². The van der Waals surface area contributed by atoms with E-state index >= 15 is 0 Å². The Bertz CT molecular complexity index is 489. The van der Waals surface area contributed by atoms with Gasteiger partial charge in [-0.25, -0.2) is 4.98 Å². The lowest BCUT2D eigenvalue weighted by molar-refractivity contribution is 0.326. The Labute approximate surface area is 112 Å². The van der Waals surface area contributed by atoms with E-state index in [1.54, 1.807) is 23.6 Å². The first-order chi connectivity index (χ1) is 8.28. The van der Waals surface area contributed by atoms with Crippen molar-refractivity contribution in [1.29, 1.82) is 0 Å². The first-order valence-electron chi connectivity index (χ1n) is 5.20. The van der Waals surface area contributed by atoms with Crippen LogP contribution in [0.1, 0.15) is 11.8 Å². The van der Waals surface area contributed by atoms with Crippen molar-refractivity contribution in [2.45, 2.75) is 13.5 Å². The van der Waals surface area contributed by atoms with E-state index in [0.29, 0.717) is 25.0 Å². The maximum atomic E-state index is 5.31. The van der Waals surface area contributed by atoms with Crippen molar-refractivity contribution < 1.29 is 4.74 Å². The Hall–Kier alpha value is -1.14. The fourth-order valence-corrected chi connectivity index (χ4v) is 2.66. The number of ether oxygens (including phenoxy) is 1. The highest BCUT2D eigenvalue weighted by Crippen LogP contribution is 2.20. The van der Waals surface area contributed by atoms with E-state index in [0.717, 1.165) is 4.47 Å². The molecule has 2 aromatic rings. The highest BCUT2D eigenvalue weighted by atomic mass is 79.9. The average Bonchev–Trinajstić information content (AvgIpc) is 2.74. The molecular formula is C11H12BrN3OS. The molecule has 1 N–H and O–H groups in total. The van der Waals surface area contributed by atoms with Crippen LogP contribution in [0.5, 0.6) is 5.88 Å². The molecule has 0 saturated carbocycles. The number of hydrogen-bond acceptors (Lipinski definition) is 5. The lowest BCUT2D eigenvalue weighted by Gasteiger charge is -2.05. The smallest absolute Gasteiger partial charge is 0.226 e. The van der Waals surface area contributed by atoms with Crippen molar-refractivity contribution >= 4 is 33.2 Å². The second-order valence-corrected chi connectivity index (χ2v) is 5.15. The number of nitrogens with zero attached hydrogens (tertiary/aromatic N) is 2. The number of thiophene rings is 1. The Morgan fingerprint density at radius 3 is 3.12 bits per heavy atom. The molecule has 2 heterocycles. The Morgan fingerprint density at radius 2 is 2.41 bits per heavy atom. The van der Waals surface area contributed by atoms with Crippen molar-refractivity contribution in [1.82, 2.24) is 9.97 Å². The molecule has 17 heavy (non-hydrogen) atoms. The number of halogens is 1. The molecule has 2 aromatic heterocycles. The monoisotopic (exact) mass is 313 g/mol. The fourth-order valence-electron chi connectivity index (χ4n) is 1.27. The number of anilines is 1. The van der Waals surface area contributed by atoms with Crippen LogP contribution in [0, 0.1) is 0 Å². The SMILES string of the molecule is CCOc1ccnc(NCc2cc(Br)cs2)n1. The fraction of sp³-hybridized carbons (Fsp3) is 0.273. The van der Waals surface area contributed by atoms with Crippen molar-refractivity contribution in [2.75, 3.05) is 11.9 Å². The molecule has 0 saturated heterocycles. The minimum Gasteiger partial charge on any atom is -0.478 e. The maximum Gasteiger partial charge on any atom is 0.226 e. The van der Waals surface area contributed by atoms with Crippen LogP contribution < -0.4 is 10.1 Å². The quantitative estimate of drug-likeness (QED) is 0.920. The van der Waals surface area contributed by atoms with Gasteiger partial charge in [-0.1, -0.05) is 0 Å². The summed E-state index contributed by atoms with van der Waals surface area (Å²) < 4.78 is 6.41. The van der Waals surface area contributed by atoms with Gasteiger partial charge in [0.05, 0.1) is 13.2 Å². The van der Waals surface area contributed by atoms with Crippen LogP contribution in [0.15, 0.2) is 28.2 Å². The molecule has 0 unspecified atom stereocenters. The predicted molar refractivity (Wildman–Crippen MR) is 72.5 cm³/mol. The van der Waals surface area contributed by atoms with E-state index in [4.69, 9.17) is 4.74 Å². The lowest BCUT2D eigenvalue weighted by Crippen LogP contribution is -2.03. The molecule has 0 aliphatic heterocycles. The summed E-state index contributed by atoms with van der Waals surface area (Å²) in [5, 5.41) is 5.21. The first-order valence-corrected chi connectivity index (χ1v) is 6.88. The molecule has 0 aromatic carbocycles. The first kappa shape index (κ1) is 12.3. The maximum absolute atomic E-state index is 5.31. The summed E-state index contributed by atoms with van der Waals surface area (Å²) in [5.74, 6) is 1.18. The minimum absolute atomic E-state index is 0.584. The van der Waals surface area contributed by atoms with E-state index < -0.39 is 0 Å². The standard InChI is InChI=1S/C11H12BrN3OS/c1-2-16-10-3-4-13-11(15-10)14-6-9-5-8(12)7-17-9/h3-5,7H,2,6H2,1H3,(H,13,14,15). The largest absolute Gasteiger partial charge is 0.478 e. The molecule has 0 radical (unpaired) electrons. The van der Waals surface area contributed by atoms with Crippen LogP contribution in [-0.2, 0) is 6.54 Å². The number of aromatic nitrogens is 2. The van der Waals surface area contributed by atoms with E-state index in [-0.39, 0.29) is 0 Å². The summed E-state index contributed by atoms with van der Waals surface area (Å²) in [6.07, 6.45) is 1.69. The molecule has 0 atom stereocenters. The second kappa shape index (κ2) is 5.97. The number of nitrogens with one attached hydrogen (secondary N) is 1. The van der Waals surface area contributed by atoms with Crippen LogP contribution in [0.2, 0.25) is 0 Å². The highest BCUT2D eigenvalue weighted by Gasteiger charge is 2.01. The molecule has 0 aliphatic rings. The zero-order chi connectivity index (χ0) is 12.1. The molecule has 0 amide bonds. The normalized spacial score (nSPS) is 10.2. The molecular weight excluding hydrogens is 302 g/mol. The van der Waals surface area contributed by atoms with E-state index in [2.05, 4.69) is 42.7 Å². The zero-order valence-electron chi connectivity index (χ0n) is 9.31. The number of hydrogen-bond donors (Lipinski definition) is 1. The molecule has 0 bridgehead atoms. The van der Waals surface area contributed by atoms with Crippen LogP contribution in [-0.4, -0.2) is 16.6 Å². The van der Waals surface area contributed by atoms with Crippen LogP contribution in [0.25, 0.3) is 0 Å². The summed E-state index contributed by atoms with van der Waals surface area (Å²) in [5.41, 5.74) is 0. The van der Waals surface area contributed by atoms with E-state index in [9.17, 15) is 0 Å². The third kappa shape index (κ3) is 3.67. The molecule has 0 spiro atoms. The Kier molecular flexibility index (Phi) is 4.33. The van der Waals surface area contributed by atoms with Gasteiger partial charge >= 0.3 is 0 Å². The van der Waals surface area contributed by atoms with E-state index in [1.165, 1.54) is 4.88 Å². The minimum atomic E-state index is 0.584. The Balaban J connectivity index is 1.96. The number of rotatable bonds is 5. The van der Waals surface area contributed by atoms with Crippen LogP contribution in [0.3, 0.4) is 0 Å². The van der Waals surface area contributed by atoms with Gasteiger partial charge in [0.25, 0.3) is 0 Å². The van der Waals surface area contributed by atoms with Gasteiger partial charge < -0.3 is 10.1 Å². The third-order valence-corrected chi connectivity index (χ3v) is 3.66. The van der Waals surface area contributed by atoms with Gasteiger partial charge in [-0.05, 0) is 28.9 Å². The van der Waals surface area contributed by atoms with Crippen molar-refractivity contribution in [3.63, 3.8) is 0 Å². The van der Waals surface area contributed by atoms with Gasteiger partial charge in [0.15, 0.2) is 0 Å². The average molecular weight is 314 g/mol. The zero-order valence-corrected chi connectivity index (χ0v) is 11.7.